The van der Waals surface area contributed by atoms with Crippen molar-refractivity contribution in [2.45, 2.75) is 29.6 Å². The van der Waals surface area contributed by atoms with Crippen molar-refractivity contribution in [2.75, 3.05) is 0 Å². The van der Waals surface area contributed by atoms with E-state index < -0.39 is 22.4 Å². The average Bonchev–Trinajstić information content (AvgIpc) is 2.60. The SMILES string of the molecule is CC(C)C(Sc1nnc(C(F)(F)F)s1)C(=O)O. The lowest BCUT2D eigenvalue weighted by Gasteiger charge is -2.12. The molecule has 0 saturated carbocycles. The zero-order valence-corrected chi connectivity index (χ0v) is 10.5. The lowest BCUT2D eigenvalue weighted by molar-refractivity contribution is -0.138. The van der Waals surface area contributed by atoms with Crippen LogP contribution in [-0.4, -0.2) is 26.5 Å². The molecular formula is C8H9F3N2O2S2. The summed E-state index contributed by atoms with van der Waals surface area (Å²) >= 11 is 1.14. The first-order chi connectivity index (χ1) is 7.71. The van der Waals surface area contributed by atoms with Crippen LogP contribution in [0.3, 0.4) is 0 Å². The highest BCUT2D eigenvalue weighted by molar-refractivity contribution is 8.02. The quantitative estimate of drug-likeness (QED) is 0.862. The second kappa shape index (κ2) is 5.21. The maximum absolute atomic E-state index is 12.2. The molecule has 0 fully saturated rings. The van der Waals surface area contributed by atoms with Gasteiger partial charge in [-0.05, 0) is 5.92 Å². The van der Waals surface area contributed by atoms with Crippen molar-refractivity contribution in [1.82, 2.24) is 10.2 Å². The molecule has 4 nitrogen and oxygen atoms in total. The number of nitrogens with zero attached hydrogens (tertiary/aromatic N) is 2. The molecule has 96 valence electrons. The van der Waals surface area contributed by atoms with Crippen LogP contribution in [0, 0.1) is 5.92 Å². The van der Waals surface area contributed by atoms with Crippen molar-refractivity contribution in [3.8, 4) is 0 Å². The number of halogens is 3. The summed E-state index contributed by atoms with van der Waals surface area (Å²) in [6, 6.07) is 0. The Morgan fingerprint density at radius 3 is 2.35 bits per heavy atom. The van der Waals surface area contributed by atoms with E-state index in [9.17, 15) is 18.0 Å². The molecule has 1 aromatic heterocycles. The number of aromatic nitrogens is 2. The average molecular weight is 286 g/mol. The number of thioether (sulfide) groups is 1. The molecule has 0 radical (unpaired) electrons. The van der Waals surface area contributed by atoms with Gasteiger partial charge in [0.25, 0.3) is 0 Å². The lowest BCUT2D eigenvalue weighted by Crippen LogP contribution is -2.22. The van der Waals surface area contributed by atoms with Crippen molar-refractivity contribution in [2.24, 2.45) is 5.92 Å². The Morgan fingerprint density at radius 1 is 1.41 bits per heavy atom. The zero-order valence-electron chi connectivity index (χ0n) is 8.85. The third-order valence-electron chi connectivity index (χ3n) is 1.73. The molecule has 0 aromatic carbocycles. The zero-order chi connectivity index (χ0) is 13.2. The van der Waals surface area contributed by atoms with E-state index in [0.29, 0.717) is 11.3 Å². The molecule has 1 N–H and O–H groups in total. The molecule has 1 heterocycles. The van der Waals surface area contributed by atoms with Crippen molar-refractivity contribution in [3.63, 3.8) is 0 Å². The van der Waals surface area contributed by atoms with E-state index >= 15 is 0 Å². The Balaban J connectivity index is 2.81. The summed E-state index contributed by atoms with van der Waals surface area (Å²) in [7, 11) is 0. The fourth-order valence-electron chi connectivity index (χ4n) is 0.952. The third kappa shape index (κ3) is 3.84. The van der Waals surface area contributed by atoms with Crippen LogP contribution in [0.4, 0.5) is 13.2 Å². The maximum Gasteiger partial charge on any atom is 0.445 e. The molecule has 1 unspecified atom stereocenters. The predicted molar refractivity (Wildman–Crippen MR) is 57.0 cm³/mol. The molecule has 1 atom stereocenters. The first-order valence-corrected chi connectivity index (χ1v) is 6.21. The molecule has 0 spiro atoms. The smallest absolute Gasteiger partial charge is 0.445 e. The monoisotopic (exact) mass is 286 g/mol. The van der Waals surface area contributed by atoms with Crippen molar-refractivity contribution in [3.05, 3.63) is 5.01 Å². The molecule has 1 rings (SSSR count). The predicted octanol–water partition coefficient (Wildman–Crippen LogP) is 2.76. The van der Waals surface area contributed by atoms with Gasteiger partial charge < -0.3 is 5.11 Å². The fourth-order valence-corrected chi connectivity index (χ4v) is 2.82. The van der Waals surface area contributed by atoms with Crippen LogP contribution in [-0.2, 0) is 11.0 Å². The molecule has 0 bridgehead atoms. The van der Waals surface area contributed by atoms with Crippen LogP contribution in [0.25, 0.3) is 0 Å². The third-order valence-corrected chi connectivity index (χ3v) is 4.31. The Labute approximate surface area is 103 Å². The van der Waals surface area contributed by atoms with Gasteiger partial charge in [0.1, 0.15) is 5.25 Å². The second-order valence-corrected chi connectivity index (χ2v) is 5.86. The number of hydrogen-bond donors (Lipinski definition) is 1. The van der Waals surface area contributed by atoms with Gasteiger partial charge in [-0.3, -0.25) is 4.79 Å². The van der Waals surface area contributed by atoms with Gasteiger partial charge in [0, 0.05) is 0 Å². The van der Waals surface area contributed by atoms with Gasteiger partial charge in [-0.15, -0.1) is 10.2 Å². The van der Waals surface area contributed by atoms with Crippen molar-refractivity contribution in [1.29, 1.82) is 0 Å². The Kier molecular flexibility index (Phi) is 4.36. The summed E-state index contributed by atoms with van der Waals surface area (Å²) in [5.74, 6) is -1.29. The minimum absolute atomic E-state index is 0.0124. The van der Waals surface area contributed by atoms with Crippen LogP contribution in [0.2, 0.25) is 0 Å². The summed E-state index contributed by atoms with van der Waals surface area (Å²) in [4.78, 5) is 10.9. The molecule has 0 amide bonds. The fraction of sp³-hybridized carbons (Fsp3) is 0.625. The van der Waals surface area contributed by atoms with Crippen LogP contribution in [0.5, 0.6) is 0 Å². The number of hydrogen-bond acceptors (Lipinski definition) is 5. The van der Waals surface area contributed by atoms with Crippen molar-refractivity contribution < 1.29 is 23.1 Å². The van der Waals surface area contributed by atoms with Crippen LogP contribution >= 0.6 is 23.1 Å². The standard InChI is InChI=1S/C8H9F3N2O2S2/c1-3(2)4(5(14)15)16-7-13-12-6(17-7)8(9,10)11/h3-4H,1-2H3,(H,14,15). The second-order valence-electron chi connectivity index (χ2n) is 3.49. The Morgan fingerprint density at radius 2 is 2.00 bits per heavy atom. The highest BCUT2D eigenvalue weighted by Crippen LogP contribution is 2.36. The van der Waals surface area contributed by atoms with E-state index in [0.717, 1.165) is 11.8 Å². The highest BCUT2D eigenvalue weighted by Gasteiger charge is 2.36. The molecule has 9 heteroatoms. The number of alkyl halides is 3. The summed E-state index contributed by atoms with van der Waals surface area (Å²) in [5.41, 5.74) is 0. The van der Waals surface area contributed by atoms with E-state index in [-0.39, 0.29) is 10.3 Å². The molecule has 1 aromatic rings. The summed E-state index contributed by atoms with van der Waals surface area (Å²) in [5, 5.41) is 13.3. The minimum atomic E-state index is -4.53. The van der Waals surface area contributed by atoms with Crippen molar-refractivity contribution >= 4 is 29.1 Å². The summed E-state index contributed by atoms with van der Waals surface area (Å²) in [6.07, 6.45) is -4.53. The number of carboxylic acid groups (broad SMARTS) is 1. The van der Waals surface area contributed by atoms with Gasteiger partial charge in [0.2, 0.25) is 5.01 Å². The topological polar surface area (TPSA) is 63.1 Å². The van der Waals surface area contributed by atoms with E-state index in [1.54, 1.807) is 13.8 Å². The molecule has 0 aliphatic heterocycles. The maximum atomic E-state index is 12.2. The van der Waals surface area contributed by atoms with Crippen LogP contribution in [0.15, 0.2) is 4.34 Å². The number of carboxylic acids is 1. The van der Waals surface area contributed by atoms with Gasteiger partial charge in [0.15, 0.2) is 4.34 Å². The Hall–Kier alpha value is -0.830. The lowest BCUT2D eigenvalue weighted by atomic mass is 10.1. The molecule has 17 heavy (non-hydrogen) atoms. The van der Waals surface area contributed by atoms with E-state index in [4.69, 9.17) is 5.11 Å². The first kappa shape index (κ1) is 14.2. The normalized spacial score (nSPS) is 14.0. The van der Waals surface area contributed by atoms with Gasteiger partial charge in [-0.2, -0.15) is 13.2 Å². The number of aliphatic carboxylic acids is 1. The van der Waals surface area contributed by atoms with Gasteiger partial charge in [0.05, 0.1) is 0 Å². The number of rotatable bonds is 4. The first-order valence-electron chi connectivity index (χ1n) is 4.52. The largest absolute Gasteiger partial charge is 0.480 e. The van der Waals surface area contributed by atoms with Crippen LogP contribution < -0.4 is 0 Å². The van der Waals surface area contributed by atoms with Crippen LogP contribution in [0.1, 0.15) is 18.9 Å². The van der Waals surface area contributed by atoms with E-state index in [1.807, 2.05) is 0 Å². The van der Waals surface area contributed by atoms with E-state index in [1.165, 1.54) is 0 Å². The highest BCUT2D eigenvalue weighted by atomic mass is 32.2. The minimum Gasteiger partial charge on any atom is -0.480 e. The van der Waals surface area contributed by atoms with E-state index in [2.05, 4.69) is 10.2 Å². The van der Waals surface area contributed by atoms with Gasteiger partial charge in [-0.1, -0.05) is 36.9 Å². The molecular weight excluding hydrogens is 277 g/mol. The van der Waals surface area contributed by atoms with Gasteiger partial charge >= 0.3 is 12.1 Å². The molecule has 0 saturated heterocycles. The number of carbonyl (C=O) groups is 1. The summed E-state index contributed by atoms with van der Waals surface area (Å²) < 4.78 is 36.7. The van der Waals surface area contributed by atoms with Gasteiger partial charge in [-0.25, -0.2) is 0 Å². The summed E-state index contributed by atoms with van der Waals surface area (Å²) in [6.45, 7) is 3.36. The Bertz CT molecular complexity index is 406. The molecule has 0 aliphatic carbocycles. The molecule has 0 aliphatic rings.